The molecule has 0 aliphatic heterocycles. The van der Waals surface area contributed by atoms with Crippen LogP contribution in [-0.2, 0) is 0 Å². The summed E-state index contributed by atoms with van der Waals surface area (Å²) < 4.78 is 0. The van der Waals surface area contributed by atoms with Gasteiger partial charge in [0.1, 0.15) is 39.2 Å². The first-order valence-corrected chi connectivity index (χ1v) is 13.5. The molecule has 0 aliphatic rings. The maximum atomic E-state index is 6.59. The Morgan fingerprint density at radius 1 is 0.293 bits per heavy atom. The van der Waals surface area contributed by atoms with Crippen molar-refractivity contribution in [2.75, 3.05) is 0 Å². The van der Waals surface area contributed by atoms with E-state index in [9.17, 15) is 0 Å². The van der Waals surface area contributed by atoms with Crippen LogP contribution in [0, 0.1) is 0 Å². The van der Waals surface area contributed by atoms with Gasteiger partial charge in [0.15, 0.2) is 0 Å². The van der Waals surface area contributed by atoms with Crippen LogP contribution < -0.4 is 27.3 Å². The summed E-state index contributed by atoms with van der Waals surface area (Å²) >= 11 is 0. The molecule has 0 spiro atoms. The molecule has 178 valence electrons. The molecule has 0 heterocycles. The summed E-state index contributed by atoms with van der Waals surface area (Å²) in [6.07, 6.45) is 0. The van der Waals surface area contributed by atoms with Gasteiger partial charge < -0.3 is 0 Å². The van der Waals surface area contributed by atoms with Crippen LogP contribution in [0.4, 0.5) is 0 Å². The highest BCUT2D eigenvalue weighted by Gasteiger charge is 2.20. The molecule has 7 rings (SSSR count). The predicted octanol–water partition coefficient (Wildman–Crippen LogP) is 4.12. The average molecular weight is 506 g/mol. The monoisotopic (exact) mass is 506 g/mol. The minimum Gasteiger partial charge on any atom is -0.112 e. The first-order valence-electron chi connectivity index (χ1n) is 13.5. The van der Waals surface area contributed by atoms with Crippen LogP contribution >= 0.6 is 0 Å². The van der Waals surface area contributed by atoms with E-state index in [4.69, 9.17) is 39.2 Å². The second-order valence-corrected chi connectivity index (χ2v) is 10.4. The summed E-state index contributed by atoms with van der Waals surface area (Å²) in [5.74, 6) is 0. The van der Waals surface area contributed by atoms with Gasteiger partial charge in [0.25, 0.3) is 0 Å². The van der Waals surface area contributed by atoms with Gasteiger partial charge in [0.05, 0.1) is 0 Å². The number of hydrogen-bond donors (Lipinski definition) is 0. The van der Waals surface area contributed by atoms with Gasteiger partial charge in [-0.1, -0.05) is 114 Å². The number of rotatable bonds is 3. The highest BCUT2D eigenvalue weighted by Crippen LogP contribution is 2.43. The molecule has 0 N–H and O–H groups in total. The van der Waals surface area contributed by atoms with Gasteiger partial charge in [0.2, 0.25) is 0 Å². The lowest BCUT2D eigenvalue weighted by molar-refractivity contribution is 1.64. The lowest BCUT2D eigenvalue weighted by Crippen LogP contribution is -2.55. The summed E-state index contributed by atoms with van der Waals surface area (Å²) in [5.41, 5.74) is 7.53. The molecule has 0 unspecified atom stereocenters. The van der Waals surface area contributed by atoms with Crippen LogP contribution in [0.3, 0.4) is 0 Å². The fraction of sp³-hybridized carbons (Fsp3) is 0. The predicted molar refractivity (Wildman–Crippen MR) is 182 cm³/mol. The van der Waals surface area contributed by atoms with E-state index in [0.29, 0.717) is 16.5 Å². The van der Waals surface area contributed by atoms with Gasteiger partial charge in [0, 0.05) is 0 Å². The number of benzene rings is 7. The second-order valence-electron chi connectivity index (χ2n) is 10.4. The maximum absolute atomic E-state index is 6.59. The van der Waals surface area contributed by atoms with Crippen molar-refractivity contribution in [2.45, 2.75) is 0 Å². The molecule has 0 saturated heterocycles. The molecule has 0 saturated carbocycles. The third-order valence-electron chi connectivity index (χ3n) is 8.12. The van der Waals surface area contributed by atoms with Crippen LogP contribution in [0.25, 0.3) is 65.7 Å². The lowest BCUT2D eigenvalue weighted by Gasteiger charge is -2.25. The van der Waals surface area contributed by atoms with Crippen molar-refractivity contribution in [3.05, 3.63) is 115 Å². The Labute approximate surface area is 246 Å². The van der Waals surface area contributed by atoms with Crippen molar-refractivity contribution in [2.24, 2.45) is 0 Å². The minimum atomic E-state index is 0.209. The Balaban J connectivity index is 1.52. The highest BCUT2D eigenvalue weighted by atomic mass is 14.2. The van der Waals surface area contributed by atoms with Gasteiger partial charge in [-0.2, -0.15) is 0 Å². The van der Waals surface area contributed by atoms with E-state index >= 15 is 0 Å². The van der Waals surface area contributed by atoms with E-state index < -0.39 is 0 Å². The third-order valence-corrected chi connectivity index (χ3v) is 8.12. The molecule has 0 fully saturated rings. The lowest BCUT2D eigenvalue weighted by atomic mass is 9.59. The molecular weight excluding hydrogens is 486 g/mol. The number of hydrogen-bond acceptors (Lipinski definition) is 0. The molecule has 10 radical (unpaired) electrons. The summed E-state index contributed by atoms with van der Waals surface area (Å²) in [6.45, 7) is 0. The van der Waals surface area contributed by atoms with Gasteiger partial charge >= 0.3 is 0 Å². The summed E-state index contributed by atoms with van der Waals surface area (Å²) in [5, 5.41) is 6.52. The fourth-order valence-corrected chi connectivity index (χ4v) is 6.04. The van der Waals surface area contributed by atoms with Crippen LogP contribution in [0.1, 0.15) is 0 Å². The van der Waals surface area contributed by atoms with Crippen molar-refractivity contribution >= 4 is 98.9 Å². The Kier molecular flexibility index (Phi) is 6.20. The molecule has 0 aromatic heterocycles. The van der Waals surface area contributed by atoms with Gasteiger partial charge in [-0.15, -0.1) is 16.4 Å². The Bertz CT molecular complexity index is 2060. The quantitative estimate of drug-likeness (QED) is 0.251. The minimum absolute atomic E-state index is 0.209. The molecule has 41 heavy (non-hydrogen) atoms. The van der Waals surface area contributed by atoms with E-state index in [-0.39, 0.29) is 16.4 Å². The average Bonchev–Trinajstić information content (AvgIpc) is 3.02. The zero-order valence-electron chi connectivity index (χ0n) is 22.4. The molecule has 0 nitrogen and oxygen atoms in total. The highest BCUT2D eigenvalue weighted by molar-refractivity contribution is 6.69. The Morgan fingerprint density at radius 2 is 0.707 bits per heavy atom. The van der Waals surface area contributed by atoms with Crippen LogP contribution in [0.5, 0.6) is 0 Å². The van der Waals surface area contributed by atoms with Gasteiger partial charge in [-0.25, -0.2) is 0 Å². The zero-order valence-corrected chi connectivity index (χ0v) is 22.4. The maximum Gasteiger partial charge on any atom is 0.113 e. The first kappa shape index (κ1) is 25.6. The van der Waals surface area contributed by atoms with Crippen molar-refractivity contribution in [3.8, 4) is 33.4 Å². The van der Waals surface area contributed by atoms with Crippen LogP contribution in [0.2, 0.25) is 0 Å². The Morgan fingerprint density at radius 3 is 1.24 bits per heavy atom. The first-order chi connectivity index (χ1) is 19.9. The van der Waals surface area contributed by atoms with E-state index in [2.05, 4.69) is 97.1 Å². The molecule has 7 aromatic rings. The smallest absolute Gasteiger partial charge is 0.112 e. The van der Waals surface area contributed by atoms with Crippen molar-refractivity contribution < 1.29 is 0 Å². The third kappa shape index (κ3) is 4.06. The molecule has 0 amide bonds. The van der Waals surface area contributed by atoms with Crippen LogP contribution in [-0.4, -0.2) is 39.2 Å². The fourth-order valence-electron chi connectivity index (χ4n) is 6.04. The molecule has 0 bridgehead atoms. The van der Waals surface area contributed by atoms with Crippen molar-refractivity contribution in [3.63, 3.8) is 0 Å². The van der Waals surface area contributed by atoms with E-state index in [0.717, 1.165) is 38.2 Å². The molecular formula is C36H19B5. The van der Waals surface area contributed by atoms with E-state index in [1.807, 2.05) is 18.2 Å². The zero-order chi connectivity index (χ0) is 28.2. The van der Waals surface area contributed by atoms with Crippen molar-refractivity contribution in [1.82, 2.24) is 0 Å². The molecule has 0 atom stereocenters. The summed E-state index contributed by atoms with van der Waals surface area (Å²) in [7, 11) is 31.9. The summed E-state index contributed by atoms with van der Waals surface area (Å²) in [4.78, 5) is 0. The van der Waals surface area contributed by atoms with Gasteiger partial charge in [-0.05, 0) is 77.8 Å². The Hall–Kier alpha value is -4.36. The van der Waals surface area contributed by atoms with Crippen molar-refractivity contribution in [1.29, 1.82) is 0 Å². The second kappa shape index (κ2) is 9.93. The molecule has 7 aromatic carbocycles. The standard InChI is InChI=1S/C36H19B5/c37-32-31(33(38)35(40)36(41)34(32)39)30-27-12-6-4-10-25(27)29(26-11-5-7-13-28(26)30)24-17-16-22-18-21(14-15-23(22)19-24)20-8-2-1-3-9-20/h1-19H. The summed E-state index contributed by atoms with van der Waals surface area (Å²) in [6, 6.07) is 40.3. The molecule has 0 aliphatic carbocycles. The normalized spacial score (nSPS) is 11.4. The van der Waals surface area contributed by atoms with E-state index in [1.54, 1.807) is 0 Å². The molecule has 5 heteroatoms. The van der Waals surface area contributed by atoms with E-state index in [1.165, 1.54) is 21.9 Å². The largest absolute Gasteiger partial charge is 0.113 e. The SMILES string of the molecule is [B]c1c([B])c([B])c(-c2c3ccccc3c(-c3ccc4cc(-c5ccccc5)ccc4c3)c3ccccc23)c([B])c1[B]. The number of fused-ring (bicyclic) bond motifs is 3. The van der Waals surface area contributed by atoms with Crippen LogP contribution in [0.15, 0.2) is 115 Å². The van der Waals surface area contributed by atoms with Gasteiger partial charge in [-0.3, -0.25) is 0 Å². The topological polar surface area (TPSA) is 0 Å².